The molecule has 1 heterocycles. The number of nitrogens with one attached hydrogen (secondary N) is 1. The number of rotatable bonds is 7. The van der Waals surface area contributed by atoms with Crippen LogP contribution < -0.4 is 5.32 Å². The first-order valence-corrected chi connectivity index (χ1v) is 6.80. The van der Waals surface area contributed by atoms with E-state index in [1.165, 1.54) is 0 Å². The third kappa shape index (κ3) is 6.03. The maximum Gasteiger partial charge on any atom is 0.219 e. The lowest BCUT2D eigenvalue weighted by Gasteiger charge is -2.31. The van der Waals surface area contributed by atoms with Crippen LogP contribution in [0.25, 0.3) is 0 Å². The van der Waals surface area contributed by atoms with Crippen LogP contribution >= 0.6 is 0 Å². The predicted octanol–water partition coefficient (Wildman–Crippen LogP) is 1.40. The number of piperidine rings is 1. The van der Waals surface area contributed by atoms with Crippen molar-refractivity contribution in [3.8, 4) is 0 Å². The average molecular weight is 242 g/mol. The van der Waals surface area contributed by atoms with Gasteiger partial charge in [0.05, 0.1) is 0 Å². The molecule has 0 saturated carbocycles. The molecule has 1 fully saturated rings. The van der Waals surface area contributed by atoms with Crippen LogP contribution in [0.15, 0.2) is 0 Å². The fraction of sp³-hybridized carbons (Fsp3) is 0.923. The Morgan fingerprint density at radius 2 is 2.06 bits per heavy atom. The number of carbonyl (C=O) groups excluding carboxylic acids is 1. The topological polar surface area (TPSA) is 41.6 Å². The fourth-order valence-electron chi connectivity index (χ4n) is 2.13. The Bertz CT molecular complexity index is 213. The molecule has 0 unspecified atom stereocenters. The van der Waals surface area contributed by atoms with Crippen LogP contribution in [0, 0.1) is 0 Å². The van der Waals surface area contributed by atoms with Gasteiger partial charge in [0.15, 0.2) is 0 Å². The highest BCUT2D eigenvalue weighted by Gasteiger charge is 2.19. The summed E-state index contributed by atoms with van der Waals surface area (Å²) in [4.78, 5) is 13.1. The van der Waals surface area contributed by atoms with E-state index in [1.807, 2.05) is 4.90 Å². The highest BCUT2D eigenvalue weighted by Crippen LogP contribution is 2.10. The molecule has 1 N–H and O–H groups in total. The van der Waals surface area contributed by atoms with Gasteiger partial charge in [-0.3, -0.25) is 4.79 Å². The standard InChI is InChI=1S/C13H26N2O2/c1-3-10-17-11-4-7-14-13-5-8-15(9-6-13)12(2)16/h13-14H,3-11H2,1-2H3. The van der Waals surface area contributed by atoms with Crippen LogP contribution in [0.1, 0.15) is 39.5 Å². The van der Waals surface area contributed by atoms with Crippen LogP contribution in [-0.4, -0.2) is 49.7 Å². The van der Waals surface area contributed by atoms with Crippen molar-refractivity contribution in [2.45, 2.75) is 45.6 Å². The zero-order valence-electron chi connectivity index (χ0n) is 11.2. The molecule has 1 amide bonds. The molecule has 100 valence electrons. The minimum absolute atomic E-state index is 0.205. The quantitative estimate of drug-likeness (QED) is 0.686. The van der Waals surface area contributed by atoms with Gasteiger partial charge in [0.25, 0.3) is 0 Å². The summed E-state index contributed by atoms with van der Waals surface area (Å²) in [7, 11) is 0. The van der Waals surface area contributed by atoms with Crippen LogP contribution in [0.3, 0.4) is 0 Å². The molecule has 4 nitrogen and oxygen atoms in total. The van der Waals surface area contributed by atoms with E-state index in [0.717, 1.165) is 58.5 Å². The van der Waals surface area contributed by atoms with Crippen LogP contribution in [-0.2, 0) is 9.53 Å². The van der Waals surface area contributed by atoms with E-state index in [-0.39, 0.29) is 5.91 Å². The van der Waals surface area contributed by atoms with Crippen molar-refractivity contribution in [1.82, 2.24) is 10.2 Å². The number of carbonyl (C=O) groups is 1. The second-order valence-corrected chi connectivity index (χ2v) is 4.70. The number of amides is 1. The summed E-state index contributed by atoms with van der Waals surface area (Å²) in [6, 6.07) is 0.580. The monoisotopic (exact) mass is 242 g/mol. The molecule has 1 aliphatic heterocycles. The first-order chi connectivity index (χ1) is 8.24. The zero-order valence-corrected chi connectivity index (χ0v) is 11.2. The van der Waals surface area contributed by atoms with Gasteiger partial charge < -0.3 is 15.0 Å². The van der Waals surface area contributed by atoms with Gasteiger partial charge in [-0.25, -0.2) is 0 Å². The van der Waals surface area contributed by atoms with E-state index >= 15 is 0 Å². The van der Waals surface area contributed by atoms with Crippen molar-refractivity contribution in [2.24, 2.45) is 0 Å². The summed E-state index contributed by atoms with van der Waals surface area (Å²) in [5.74, 6) is 0.205. The van der Waals surface area contributed by atoms with Gasteiger partial charge >= 0.3 is 0 Å². The van der Waals surface area contributed by atoms with Gasteiger partial charge in [-0.15, -0.1) is 0 Å². The van der Waals surface area contributed by atoms with Gasteiger partial charge in [-0.2, -0.15) is 0 Å². The lowest BCUT2D eigenvalue weighted by molar-refractivity contribution is -0.129. The fourth-order valence-corrected chi connectivity index (χ4v) is 2.13. The molecule has 17 heavy (non-hydrogen) atoms. The molecular weight excluding hydrogens is 216 g/mol. The van der Waals surface area contributed by atoms with Crippen molar-refractivity contribution >= 4 is 5.91 Å². The molecule has 0 spiro atoms. The third-order valence-electron chi connectivity index (χ3n) is 3.19. The Balaban J connectivity index is 1.97. The molecule has 4 heteroatoms. The second-order valence-electron chi connectivity index (χ2n) is 4.70. The number of likely N-dealkylation sites (tertiary alicyclic amines) is 1. The number of hydrogen-bond donors (Lipinski definition) is 1. The average Bonchev–Trinajstić information content (AvgIpc) is 2.34. The third-order valence-corrected chi connectivity index (χ3v) is 3.19. The summed E-state index contributed by atoms with van der Waals surface area (Å²) >= 11 is 0. The maximum atomic E-state index is 11.2. The molecule has 0 atom stereocenters. The first kappa shape index (κ1) is 14.5. The SMILES string of the molecule is CCCOCCCNC1CCN(C(C)=O)CC1. The van der Waals surface area contributed by atoms with Crippen LogP contribution in [0.4, 0.5) is 0 Å². The molecule has 0 radical (unpaired) electrons. The predicted molar refractivity (Wildman–Crippen MR) is 69.0 cm³/mol. The molecule has 0 aromatic heterocycles. The normalized spacial score (nSPS) is 17.4. The second kappa shape index (κ2) is 8.48. The first-order valence-electron chi connectivity index (χ1n) is 6.80. The van der Waals surface area contributed by atoms with Gasteiger partial charge in [0.1, 0.15) is 0 Å². The highest BCUT2D eigenvalue weighted by molar-refractivity contribution is 5.73. The summed E-state index contributed by atoms with van der Waals surface area (Å²) in [6.07, 6.45) is 4.33. The highest BCUT2D eigenvalue weighted by atomic mass is 16.5. The Labute approximate surface area is 105 Å². The van der Waals surface area contributed by atoms with Gasteiger partial charge in [-0.1, -0.05) is 6.92 Å². The van der Waals surface area contributed by atoms with Gasteiger partial charge in [-0.05, 0) is 32.2 Å². The Morgan fingerprint density at radius 1 is 1.35 bits per heavy atom. The molecule has 0 bridgehead atoms. The molecule has 0 aromatic rings. The molecule has 0 aliphatic carbocycles. The van der Waals surface area contributed by atoms with Crippen molar-refractivity contribution in [3.63, 3.8) is 0 Å². The minimum Gasteiger partial charge on any atom is -0.381 e. The summed E-state index contributed by atoms with van der Waals surface area (Å²) < 4.78 is 5.43. The van der Waals surface area contributed by atoms with Crippen molar-refractivity contribution < 1.29 is 9.53 Å². The summed E-state index contributed by atoms with van der Waals surface area (Å²) in [5, 5.41) is 3.54. The molecule has 1 saturated heterocycles. The minimum atomic E-state index is 0.205. The largest absolute Gasteiger partial charge is 0.381 e. The Morgan fingerprint density at radius 3 is 2.65 bits per heavy atom. The molecule has 0 aromatic carbocycles. The van der Waals surface area contributed by atoms with Crippen LogP contribution in [0.2, 0.25) is 0 Å². The molecule has 1 rings (SSSR count). The van der Waals surface area contributed by atoms with Crippen molar-refractivity contribution in [2.75, 3.05) is 32.8 Å². The summed E-state index contributed by atoms with van der Waals surface area (Å²) in [5.41, 5.74) is 0. The Kier molecular flexibility index (Phi) is 7.21. The smallest absolute Gasteiger partial charge is 0.219 e. The Hall–Kier alpha value is -0.610. The zero-order chi connectivity index (χ0) is 12.5. The van der Waals surface area contributed by atoms with Gasteiger partial charge in [0, 0.05) is 39.3 Å². The molecular formula is C13H26N2O2. The van der Waals surface area contributed by atoms with Crippen molar-refractivity contribution in [3.05, 3.63) is 0 Å². The maximum absolute atomic E-state index is 11.2. The van der Waals surface area contributed by atoms with Crippen molar-refractivity contribution in [1.29, 1.82) is 0 Å². The van der Waals surface area contributed by atoms with Crippen LogP contribution in [0.5, 0.6) is 0 Å². The van der Waals surface area contributed by atoms with E-state index < -0.39 is 0 Å². The van der Waals surface area contributed by atoms with E-state index in [2.05, 4.69) is 12.2 Å². The molecule has 1 aliphatic rings. The number of nitrogens with zero attached hydrogens (tertiary/aromatic N) is 1. The lowest BCUT2D eigenvalue weighted by atomic mass is 10.1. The lowest BCUT2D eigenvalue weighted by Crippen LogP contribution is -2.44. The number of ether oxygens (including phenoxy) is 1. The van der Waals surface area contributed by atoms with E-state index in [0.29, 0.717) is 6.04 Å². The van der Waals surface area contributed by atoms with E-state index in [9.17, 15) is 4.79 Å². The van der Waals surface area contributed by atoms with E-state index in [4.69, 9.17) is 4.74 Å². The van der Waals surface area contributed by atoms with Gasteiger partial charge in [0.2, 0.25) is 5.91 Å². The number of hydrogen-bond acceptors (Lipinski definition) is 3. The summed E-state index contributed by atoms with van der Waals surface area (Å²) in [6.45, 7) is 8.33. The van der Waals surface area contributed by atoms with E-state index in [1.54, 1.807) is 6.92 Å².